The van der Waals surface area contributed by atoms with Crippen LogP contribution in [-0.4, -0.2) is 0 Å². The van der Waals surface area contributed by atoms with Crippen LogP contribution in [0.1, 0.15) is 28.2 Å². The third-order valence-electron chi connectivity index (χ3n) is 2.24. The molecule has 1 aliphatic carbocycles. The van der Waals surface area contributed by atoms with Crippen LogP contribution in [0.3, 0.4) is 0 Å². The van der Waals surface area contributed by atoms with Gasteiger partial charge < -0.3 is 0 Å². The van der Waals surface area contributed by atoms with E-state index in [4.69, 9.17) is 5.26 Å². The van der Waals surface area contributed by atoms with Crippen molar-refractivity contribution in [2.45, 2.75) is 25.7 Å². The van der Waals surface area contributed by atoms with Gasteiger partial charge in [-0.15, -0.1) is 11.3 Å². The monoisotopic (exact) mass is 187 g/mol. The lowest BCUT2D eigenvalue weighted by Crippen LogP contribution is -1.96. The summed E-state index contributed by atoms with van der Waals surface area (Å²) in [5.41, 5.74) is 1.46. The minimum atomic E-state index is 1.05. The number of rotatable bonds is 0. The molecule has 13 heavy (non-hydrogen) atoms. The van der Waals surface area contributed by atoms with Crippen LogP contribution in [0.15, 0.2) is 6.07 Å². The van der Waals surface area contributed by atoms with E-state index in [0.29, 0.717) is 0 Å². The van der Waals surface area contributed by atoms with E-state index in [-0.39, 0.29) is 0 Å². The lowest BCUT2D eigenvalue weighted by atomic mass is 9.99. The highest BCUT2D eigenvalue weighted by atomic mass is 32.1. The Labute approximate surface area is 82.0 Å². The zero-order valence-corrected chi connectivity index (χ0v) is 8.08. The molecule has 2 heteroatoms. The van der Waals surface area contributed by atoms with E-state index in [0.717, 1.165) is 4.88 Å². The summed E-state index contributed by atoms with van der Waals surface area (Å²) in [6, 6.07) is 3.98. The van der Waals surface area contributed by atoms with Crippen molar-refractivity contribution in [3.05, 3.63) is 21.4 Å². The molecule has 1 nitrogen and oxygen atoms in total. The number of nitriles is 1. The maximum Gasteiger partial charge on any atom is 0.152 e. The molecule has 0 bridgehead atoms. The number of hydrogen-bond donors (Lipinski definition) is 0. The molecule has 0 saturated heterocycles. The highest BCUT2D eigenvalue weighted by Gasteiger charge is 2.11. The van der Waals surface area contributed by atoms with Crippen LogP contribution in [0.25, 0.3) is 0 Å². The Balaban J connectivity index is 2.31. The fraction of sp³-hybridized carbons (Fsp3) is 0.364. The van der Waals surface area contributed by atoms with Crippen LogP contribution in [0.4, 0.5) is 0 Å². The Morgan fingerprint density at radius 1 is 1.31 bits per heavy atom. The molecule has 0 fully saturated rings. The Hall–Kier alpha value is -1.25. The summed E-state index contributed by atoms with van der Waals surface area (Å²) in [6.07, 6.45) is 5.00. The maximum absolute atomic E-state index is 8.31. The fourth-order valence-corrected chi connectivity index (χ4v) is 2.75. The van der Waals surface area contributed by atoms with Gasteiger partial charge >= 0.3 is 0 Å². The molecule has 0 aliphatic heterocycles. The van der Waals surface area contributed by atoms with Crippen molar-refractivity contribution in [2.24, 2.45) is 0 Å². The normalized spacial score (nSPS) is 13.8. The third-order valence-corrected chi connectivity index (χ3v) is 3.39. The van der Waals surface area contributed by atoms with Crippen LogP contribution in [-0.2, 0) is 12.8 Å². The molecule has 0 spiro atoms. The molecule has 2 rings (SSSR count). The smallest absolute Gasteiger partial charge is 0.152 e. The topological polar surface area (TPSA) is 23.8 Å². The number of hydrogen-bond acceptors (Lipinski definition) is 2. The zero-order chi connectivity index (χ0) is 9.10. The second-order valence-corrected chi connectivity index (χ2v) is 4.26. The van der Waals surface area contributed by atoms with Gasteiger partial charge in [0.05, 0.1) is 4.88 Å². The molecule has 0 unspecified atom stereocenters. The van der Waals surface area contributed by atoms with Gasteiger partial charge in [-0.05, 0) is 43.2 Å². The summed E-state index contributed by atoms with van der Waals surface area (Å²) >= 11 is 1.75. The fourth-order valence-electron chi connectivity index (χ4n) is 1.64. The molecule has 0 aromatic carbocycles. The van der Waals surface area contributed by atoms with Crippen molar-refractivity contribution < 1.29 is 0 Å². The highest BCUT2D eigenvalue weighted by molar-refractivity contribution is 7.12. The Kier molecular flexibility index (Phi) is 2.34. The van der Waals surface area contributed by atoms with E-state index in [1.165, 1.54) is 36.1 Å². The van der Waals surface area contributed by atoms with Crippen molar-refractivity contribution in [3.8, 4) is 17.9 Å². The molecule has 0 saturated carbocycles. The van der Waals surface area contributed by atoms with Crippen LogP contribution in [0.5, 0.6) is 0 Å². The molecule has 64 valence electrons. The Morgan fingerprint density at radius 2 is 2.15 bits per heavy atom. The van der Waals surface area contributed by atoms with Gasteiger partial charge in [0.2, 0.25) is 0 Å². The molecule has 0 atom stereocenters. The van der Waals surface area contributed by atoms with Crippen molar-refractivity contribution in [2.75, 3.05) is 0 Å². The van der Waals surface area contributed by atoms with Crippen molar-refractivity contribution in [3.63, 3.8) is 0 Å². The molecule has 1 aromatic rings. The van der Waals surface area contributed by atoms with Crippen molar-refractivity contribution in [1.29, 1.82) is 5.26 Å². The van der Waals surface area contributed by atoms with E-state index in [1.807, 2.05) is 6.07 Å². The maximum atomic E-state index is 8.31. The summed E-state index contributed by atoms with van der Waals surface area (Å²) < 4.78 is 0. The average molecular weight is 187 g/mol. The molecule has 0 amide bonds. The first-order chi connectivity index (χ1) is 6.40. The molecule has 1 aromatic heterocycles. The van der Waals surface area contributed by atoms with E-state index < -0.39 is 0 Å². The minimum Gasteiger partial charge on any atom is -0.183 e. The van der Waals surface area contributed by atoms with Gasteiger partial charge in [-0.25, -0.2) is 0 Å². The van der Waals surface area contributed by atoms with E-state index >= 15 is 0 Å². The van der Waals surface area contributed by atoms with Gasteiger partial charge in [-0.3, -0.25) is 0 Å². The number of thiophene rings is 1. The highest BCUT2D eigenvalue weighted by Crippen LogP contribution is 2.28. The first-order valence-electron chi connectivity index (χ1n) is 4.42. The first kappa shape index (κ1) is 8.35. The molecular formula is C11H9NS. The summed E-state index contributed by atoms with van der Waals surface area (Å²) in [5, 5.41) is 8.31. The summed E-state index contributed by atoms with van der Waals surface area (Å²) in [7, 11) is 0. The summed E-state index contributed by atoms with van der Waals surface area (Å²) in [6.45, 7) is 0. The largest absolute Gasteiger partial charge is 0.183 e. The average Bonchev–Trinajstić information content (AvgIpc) is 2.57. The van der Waals surface area contributed by atoms with Gasteiger partial charge in [0.25, 0.3) is 0 Å². The summed E-state index contributed by atoms with van der Waals surface area (Å²) in [4.78, 5) is 2.53. The Bertz CT molecular complexity index is 388. The summed E-state index contributed by atoms with van der Waals surface area (Å²) in [5.74, 6) is 5.30. The quantitative estimate of drug-likeness (QED) is 0.572. The van der Waals surface area contributed by atoms with E-state index in [1.54, 1.807) is 11.3 Å². The van der Waals surface area contributed by atoms with Crippen LogP contribution >= 0.6 is 11.3 Å². The van der Waals surface area contributed by atoms with Gasteiger partial charge in [0, 0.05) is 10.8 Å². The van der Waals surface area contributed by atoms with Crippen LogP contribution < -0.4 is 0 Å². The lowest BCUT2D eigenvalue weighted by Gasteiger charge is -2.08. The second-order valence-electron chi connectivity index (χ2n) is 3.13. The SMILES string of the molecule is N#CC#Cc1cc2c(s1)CCCC2. The first-order valence-corrected chi connectivity index (χ1v) is 5.23. The van der Waals surface area contributed by atoms with Gasteiger partial charge in [0.15, 0.2) is 6.07 Å². The molecular weight excluding hydrogens is 178 g/mol. The standard InChI is InChI=1S/C11H9NS/c12-7-3-5-10-8-9-4-1-2-6-11(9)13-10/h8H,1-2,4,6H2. The molecule has 1 heterocycles. The van der Waals surface area contributed by atoms with E-state index in [2.05, 4.69) is 17.9 Å². The van der Waals surface area contributed by atoms with Crippen LogP contribution in [0, 0.1) is 23.2 Å². The molecule has 1 aliphatic rings. The van der Waals surface area contributed by atoms with Crippen LogP contribution in [0.2, 0.25) is 0 Å². The molecule has 0 N–H and O–H groups in total. The van der Waals surface area contributed by atoms with Crippen molar-refractivity contribution >= 4 is 11.3 Å². The zero-order valence-electron chi connectivity index (χ0n) is 7.26. The van der Waals surface area contributed by atoms with Gasteiger partial charge in [-0.2, -0.15) is 5.26 Å². The van der Waals surface area contributed by atoms with Gasteiger partial charge in [0.1, 0.15) is 0 Å². The van der Waals surface area contributed by atoms with Gasteiger partial charge in [-0.1, -0.05) is 0 Å². The van der Waals surface area contributed by atoms with Crippen molar-refractivity contribution in [1.82, 2.24) is 0 Å². The van der Waals surface area contributed by atoms with E-state index in [9.17, 15) is 0 Å². The Morgan fingerprint density at radius 3 is 2.92 bits per heavy atom. The molecule has 0 radical (unpaired) electrons. The minimum absolute atomic E-state index is 1.05. The lowest BCUT2D eigenvalue weighted by molar-refractivity contribution is 0.697. The number of aryl methyl sites for hydroxylation is 2. The number of fused-ring (bicyclic) bond motifs is 1. The number of nitrogens with zero attached hydrogens (tertiary/aromatic N) is 1. The predicted molar refractivity (Wildman–Crippen MR) is 53.5 cm³/mol. The third kappa shape index (κ3) is 1.74. The second kappa shape index (κ2) is 3.64. The predicted octanol–water partition coefficient (Wildman–Crippen LogP) is 2.50.